The lowest BCUT2D eigenvalue weighted by Crippen LogP contribution is -2.33. The smallest absolute Gasteiger partial charge is 0.394 e. The maximum atomic E-state index is 12.8. The molecule has 0 saturated carbocycles. The minimum absolute atomic E-state index is 0.184. The molecule has 2 rings (SSSR count). The monoisotopic (exact) mass is 294 g/mol. The molecule has 1 aromatic heterocycles. The average Bonchev–Trinajstić information content (AvgIpc) is 2.77. The first-order valence-electron chi connectivity index (χ1n) is 5.89. The number of aryl methyl sites for hydroxylation is 1. The van der Waals surface area contributed by atoms with Crippen LogP contribution in [0.4, 0.5) is 13.2 Å². The molecule has 3 atom stereocenters. The number of ether oxygens (including phenoxy) is 1. The molecule has 0 aromatic carbocycles. The summed E-state index contributed by atoms with van der Waals surface area (Å²) in [7, 11) is 0. The molecular weight excluding hydrogens is 281 g/mol. The lowest BCUT2D eigenvalue weighted by atomic mass is 10.0. The predicted octanol–water partition coefficient (Wildman–Crippen LogP) is 0.303. The molecule has 0 amide bonds. The van der Waals surface area contributed by atoms with E-state index in [1.165, 1.54) is 6.92 Å². The second-order valence-corrected chi connectivity index (χ2v) is 4.67. The highest BCUT2D eigenvalue weighted by atomic mass is 19.4. The molecule has 1 aliphatic heterocycles. The van der Waals surface area contributed by atoms with Gasteiger partial charge in [0.25, 0.3) is 5.56 Å². The van der Waals surface area contributed by atoms with Crippen LogP contribution in [-0.2, 0) is 4.74 Å². The Hall–Kier alpha value is -1.61. The number of alkyl halides is 3. The molecule has 0 unspecified atom stereocenters. The third-order valence-electron chi connectivity index (χ3n) is 3.29. The number of halogens is 3. The standard InChI is InChI=1S/C11H13F3N2O4/c1-5-3-16(10(19)15-9(5)18)8-2-6(11(12,13)14)7(4-17)20-8/h3,6-8,17H,2,4H2,1H3,(H,15,18,19)/t6-,7+,8+/m0/s1. The maximum absolute atomic E-state index is 12.8. The molecule has 1 fully saturated rings. The van der Waals surface area contributed by atoms with Crippen molar-refractivity contribution in [3.63, 3.8) is 0 Å². The normalized spacial score (nSPS) is 26.9. The summed E-state index contributed by atoms with van der Waals surface area (Å²) in [6.07, 6.45) is -6.44. The van der Waals surface area contributed by atoms with Crippen molar-refractivity contribution in [1.29, 1.82) is 0 Å². The second kappa shape index (κ2) is 5.06. The van der Waals surface area contributed by atoms with Crippen LogP contribution < -0.4 is 11.2 Å². The number of hydrogen-bond acceptors (Lipinski definition) is 4. The van der Waals surface area contributed by atoms with E-state index in [0.29, 0.717) is 0 Å². The van der Waals surface area contributed by atoms with Gasteiger partial charge in [-0.05, 0) is 6.92 Å². The van der Waals surface area contributed by atoms with Gasteiger partial charge in [0.1, 0.15) is 6.23 Å². The third kappa shape index (κ3) is 2.63. The van der Waals surface area contributed by atoms with Crippen molar-refractivity contribution in [2.24, 2.45) is 5.92 Å². The third-order valence-corrected chi connectivity index (χ3v) is 3.29. The van der Waals surface area contributed by atoms with Gasteiger partial charge < -0.3 is 9.84 Å². The van der Waals surface area contributed by atoms with E-state index >= 15 is 0 Å². The van der Waals surface area contributed by atoms with Crippen LogP contribution in [0.25, 0.3) is 0 Å². The van der Waals surface area contributed by atoms with Gasteiger partial charge in [0, 0.05) is 18.2 Å². The van der Waals surface area contributed by atoms with Crippen molar-refractivity contribution < 1.29 is 23.0 Å². The number of rotatable bonds is 2. The zero-order valence-electron chi connectivity index (χ0n) is 10.5. The molecule has 2 heterocycles. The molecule has 0 radical (unpaired) electrons. The number of aliphatic hydroxyl groups is 1. The minimum Gasteiger partial charge on any atom is -0.394 e. The molecule has 2 N–H and O–H groups in total. The van der Waals surface area contributed by atoms with Crippen molar-refractivity contribution in [2.75, 3.05) is 6.61 Å². The Kier molecular flexibility index (Phi) is 3.74. The molecule has 1 aromatic rings. The summed E-state index contributed by atoms with van der Waals surface area (Å²) in [5, 5.41) is 8.96. The van der Waals surface area contributed by atoms with Crippen LogP contribution in [0.15, 0.2) is 15.8 Å². The van der Waals surface area contributed by atoms with Crippen LogP contribution in [0, 0.1) is 12.8 Å². The average molecular weight is 294 g/mol. The van der Waals surface area contributed by atoms with Crippen molar-refractivity contribution in [3.8, 4) is 0 Å². The van der Waals surface area contributed by atoms with E-state index in [0.717, 1.165) is 10.8 Å². The summed E-state index contributed by atoms with van der Waals surface area (Å²) in [6.45, 7) is 0.631. The Morgan fingerprint density at radius 2 is 2.15 bits per heavy atom. The quantitative estimate of drug-likeness (QED) is 0.822. The summed E-state index contributed by atoms with van der Waals surface area (Å²) in [5.41, 5.74) is -1.26. The number of hydrogen-bond donors (Lipinski definition) is 2. The van der Waals surface area contributed by atoms with E-state index in [1.807, 2.05) is 4.98 Å². The van der Waals surface area contributed by atoms with E-state index in [-0.39, 0.29) is 5.56 Å². The van der Waals surface area contributed by atoms with Crippen LogP contribution in [-0.4, -0.2) is 33.5 Å². The highest BCUT2D eigenvalue weighted by molar-refractivity contribution is 5.02. The minimum atomic E-state index is -4.52. The number of aliphatic hydroxyl groups excluding tert-OH is 1. The molecule has 20 heavy (non-hydrogen) atoms. The predicted molar refractivity (Wildman–Crippen MR) is 61.2 cm³/mol. The second-order valence-electron chi connectivity index (χ2n) is 4.67. The number of aromatic amines is 1. The first kappa shape index (κ1) is 14.8. The maximum Gasteiger partial charge on any atom is 0.394 e. The van der Waals surface area contributed by atoms with Crippen LogP contribution in [0.2, 0.25) is 0 Å². The fourth-order valence-corrected chi connectivity index (χ4v) is 2.22. The van der Waals surface area contributed by atoms with Gasteiger partial charge in [-0.1, -0.05) is 0 Å². The zero-order valence-corrected chi connectivity index (χ0v) is 10.5. The number of H-pyrrole nitrogens is 1. The van der Waals surface area contributed by atoms with Gasteiger partial charge >= 0.3 is 11.9 Å². The van der Waals surface area contributed by atoms with Gasteiger partial charge in [0.15, 0.2) is 0 Å². The lowest BCUT2D eigenvalue weighted by molar-refractivity contribution is -0.190. The Morgan fingerprint density at radius 1 is 1.50 bits per heavy atom. The van der Waals surface area contributed by atoms with E-state index < -0.39 is 48.7 Å². The van der Waals surface area contributed by atoms with Crippen LogP contribution >= 0.6 is 0 Å². The fourth-order valence-electron chi connectivity index (χ4n) is 2.22. The van der Waals surface area contributed by atoms with E-state index in [4.69, 9.17) is 9.84 Å². The molecule has 0 aliphatic carbocycles. The molecular formula is C11H13F3N2O4. The van der Waals surface area contributed by atoms with Crippen LogP contribution in [0.1, 0.15) is 18.2 Å². The largest absolute Gasteiger partial charge is 0.394 e. The Morgan fingerprint density at radius 3 is 2.65 bits per heavy atom. The summed E-state index contributed by atoms with van der Waals surface area (Å²) < 4.78 is 44.4. The Labute approximate surface area is 110 Å². The first-order valence-corrected chi connectivity index (χ1v) is 5.89. The topological polar surface area (TPSA) is 84.3 Å². The first-order chi connectivity index (χ1) is 9.24. The van der Waals surface area contributed by atoms with E-state index in [1.54, 1.807) is 0 Å². The van der Waals surface area contributed by atoms with Gasteiger partial charge in [-0.25, -0.2) is 4.79 Å². The Bertz CT molecular complexity index is 607. The molecule has 9 heteroatoms. The summed E-state index contributed by atoms with van der Waals surface area (Å²) >= 11 is 0. The van der Waals surface area contributed by atoms with E-state index in [9.17, 15) is 22.8 Å². The zero-order chi connectivity index (χ0) is 15.1. The summed E-state index contributed by atoms with van der Waals surface area (Å²) in [6, 6.07) is 0. The summed E-state index contributed by atoms with van der Waals surface area (Å²) in [4.78, 5) is 24.8. The van der Waals surface area contributed by atoms with Gasteiger partial charge in [-0.2, -0.15) is 13.2 Å². The van der Waals surface area contributed by atoms with Crippen molar-refractivity contribution in [3.05, 3.63) is 32.6 Å². The molecule has 112 valence electrons. The molecule has 1 saturated heterocycles. The van der Waals surface area contributed by atoms with Gasteiger partial charge in [-0.15, -0.1) is 0 Å². The van der Waals surface area contributed by atoms with Crippen molar-refractivity contribution in [1.82, 2.24) is 9.55 Å². The highest BCUT2D eigenvalue weighted by Gasteiger charge is 2.51. The summed E-state index contributed by atoms with van der Waals surface area (Å²) in [5.74, 6) is -1.85. The molecule has 0 bridgehead atoms. The number of aromatic nitrogens is 2. The van der Waals surface area contributed by atoms with Crippen molar-refractivity contribution in [2.45, 2.75) is 31.9 Å². The fraction of sp³-hybridized carbons (Fsp3) is 0.636. The Balaban J connectivity index is 2.35. The van der Waals surface area contributed by atoms with Gasteiger partial charge in [0.2, 0.25) is 0 Å². The van der Waals surface area contributed by atoms with Gasteiger partial charge in [-0.3, -0.25) is 14.3 Å². The van der Waals surface area contributed by atoms with Crippen molar-refractivity contribution >= 4 is 0 Å². The molecule has 0 spiro atoms. The van der Waals surface area contributed by atoms with Gasteiger partial charge in [0.05, 0.1) is 18.6 Å². The van der Waals surface area contributed by atoms with Crippen LogP contribution in [0.5, 0.6) is 0 Å². The van der Waals surface area contributed by atoms with E-state index in [2.05, 4.69) is 0 Å². The SMILES string of the molecule is Cc1cn([C@H]2C[C@H](C(F)(F)F)[C@@H](CO)O2)c(=O)[nH]c1=O. The number of nitrogens with zero attached hydrogens (tertiary/aromatic N) is 1. The molecule has 1 aliphatic rings. The lowest BCUT2D eigenvalue weighted by Gasteiger charge is -2.18. The van der Waals surface area contributed by atoms with Crippen LogP contribution in [0.3, 0.4) is 0 Å². The highest BCUT2D eigenvalue weighted by Crippen LogP contribution is 2.42. The molecule has 6 nitrogen and oxygen atoms in total. The number of nitrogens with one attached hydrogen (secondary N) is 1.